The predicted molar refractivity (Wildman–Crippen MR) is 122 cm³/mol. The van der Waals surface area contributed by atoms with Crippen molar-refractivity contribution < 1.29 is 32.2 Å². The van der Waals surface area contributed by atoms with E-state index in [0.29, 0.717) is 18.0 Å². The van der Waals surface area contributed by atoms with Crippen molar-refractivity contribution in [3.63, 3.8) is 0 Å². The van der Waals surface area contributed by atoms with E-state index in [2.05, 4.69) is 5.32 Å². The smallest absolute Gasteiger partial charge is 0.390 e. The van der Waals surface area contributed by atoms with Crippen LogP contribution in [0.5, 0.6) is 5.75 Å². The van der Waals surface area contributed by atoms with Gasteiger partial charge in [0.15, 0.2) is 0 Å². The number of anilines is 1. The van der Waals surface area contributed by atoms with Crippen molar-refractivity contribution in [2.45, 2.75) is 51.4 Å². The summed E-state index contributed by atoms with van der Waals surface area (Å²) in [6.45, 7) is 4.32. The third-order valence-corrected chi connectivity index (χ3v) is 6.47. The SMILES string of the molecule is CO[C@@H]1CN(C)C(=O)c2cc(NC(=O)C3CC3)ccc2OC[C@@H](C)N(CCC(F)(F)F)C[C@@H]1C. The first-order valence-electron chi connectivity index (χ1n) is 11.6. The third kappa shape index (κ3) is 7.09. The van der Waals surface area contributed by atoms with Crippen molar-refractivity contribution >= 4 is 17.5 Å². The highest BCUT2D eigenvalue weighted by atomic mass is 19.4. The number of methoxy groups -OCH3 is 1. The molecule has 10 heteroatoms. The summed E-state index contributed by atoms with van der Waals surface area (Å²) < 4.78 is 50.4. The molecule has 1 N–H and O–H groups in total. The first kappa shape index (κ1) is 26.3. The van der Waals surface area contributed by atoms with Gasteiger partial charge in [-0.1, -0.05) is 6.92 Å². The maximum atomic E-state index is 13.3. The van der Waals surface area contributed by atoms with Crippen LogP contribution in [0.15, 0.2) is 18.2 Å². The fourth-order valence-corrected chi connectivity index (χ4v) is 4.10. The highest BCUT2D eigenvalue weighted by Crippen LogP contribution is 2.32. The van der Waals surface area contributed by atoms with Gasteiger partial charge >= 0.3 is 6.18 Å². The van der Waals surface area contributed by atoms with E-state index >= 15 is 0 Å². The largest absolute Gasteiger partial charge is 0.491 e. The maximum absolute atomic E-state index is 13.3. The predicted octanol–water partition coefficient (Wildman–Crippen LogP) is 3.79. The minimum atomic E-state index is -4.26. The number of fused-ring (bicyclic) bond motifs is 1. The number of ether oxygens (including phenoxy) is 2. The molecule has 0 bridgehead atoms. The van der Waals surface area contributed by atoms with E-state index in [0.717, 1.165) is 12.8 Å². The van der Waals surface area contributed by atoms with Gasteiger partial charge in [0.05, 0.1) is 18.1 Å². The number of carbonyl (C=O) groups is 2. The number of amides is 2. The van der Waals surface area contributed by atoms with Crippen molar-refractivity contribution in [2.24, 2.45) is 11.8 Å². The zero-order valence-corrected chi connectivity index (χ0v) is 20.2. The Labute approximate surface area is 198 Å². The number of nitrogens with zero attached hydrogens (tertiary/aromatic N) is 2. The van der Waals surface area contributed by atoms with Crippen LogP contribution in [0.2, 0.25) is 0 Å². The molecule has 7 nitrogen and oxygen atoms in total. The van der Waals surface area contributed by atoms with Gasteiger partial charge in [-0.05, 0) is 43.9 Å². The molecule has 3 rings (SSSR count). The maximum Gasteiger partial charge on any atom is 0.390 e. The topological polar surface area (TPSA) is 71.1 Å². The Bertz CT molecular complexity index is 876. The van der Waals surface area contributed by atoms with E-state index in [1.165, 1.54) is 12.0 Å². The molecule has 34 heavy (non-hydrogen) atoms. The lowest BCUT2D eigenvalue weighted by Crippen LogP contribution is -2.47. The normalized spacial score (nSPS) is 25.1. The van der Waals surface area contributed by atoms with Gasteiger partial charge in [0.1, 0.15) is 12.4 Å². The first-order valence-corrected chi connectivity index (χ1v) is 11.6. The van der Waals surface area contributed by atoms with Crippen LogP contribution in [0.1, 0.15) is 43.5 Å². The van der Waals surface area contributed by atoms with Crippen molar-refractivity contribution in [2.75, 3.05) is 45.7 Å². The summed E-state index contributed by atoms with van der Waals surface area (Å²) in [4.78, 5) is 28.8. The molecule has 1 aromatic carbocycles. The molecule has 0 saturated heterocycles. The van der Waals surface area contributed by atoms with Crippen LogP contribution in [0, 0.1) is 11.8 Å². The van der Waals surface area contributed by atoms with Gasteiger partial charge in [-0.2, -0.15) is 13.2 Å². The molecule has 0 spiro atoms. The molecule has 1 aliphatic carbocycles. The van der Waals surface area contributed by atoms with Gasteiger partial charge in [0.25, 0.3) is 5.91 Å². The van der Waals surface area contributed by atoms with Crippen LogP contribution in [0.3, 0.4) is 0 Å². The quantitative estimate of drug-likeness (QED) is 0.687. The second-order valence-corrected chi connectivity index (χ2v) is 9.43. The van der Waals surface area contributed by atoms with Gasteiger partial charge in [-0.25, -0.2) is 0 Å². The summed E-state index contributed by atoms with van der Waals surface area (Å²) in [5, 5.41) is 2.84. The molecule has 2 amide bonds. The van der Waals surface area contributed by atoms with Crippen molar-refractivity contribution in [1.82, 2.24) is 9.80 Å². The highest BCUT2D eigenvalue weighted by molar-refractivity contribution is 6.00. The van der Waals surface area contributed by atoms with E-state index < -0.39 is 12.6 Å². The Hall–Kier alpha value is -2.33. The minimum absolute atomic E-state index is 0.0167. The molecule has 190 valence electrons. The number of benzene rings is 1. The summed E-state index contributed by atoms with van der Waals surface area (Å²) in [6.07, 6.45) is -3.81. The number of likely N-dealkylation sites (N-methyl/N-ethyl adjacent to an activating group) is 1. The fraction of sp³-hybridized carbons (Fsp3) is 0.667. The second kappa shape index (κ2) is 10.9. The van der Waals surface area contributed by atoms with Gasteiger partial charge in [0, 0.05) is 51.4 Å². The zero-order chi connectivity index (χ0) is 25.0. The van der Waals surface area contributed by atoms with Gasteiger partial charge in [-0.15, -0.1) is 0 Å². The average Bonchev–Trinajstić information content (AvgIpc) is 3.62. The number of nitrogens with one attached hydrogen (secondary N) is 1. The first-order chi connectivity index (χ1) is 16.0. The molecular weight excluding hydrogens is 451 g/mol. The molecule has 1 fully saturated rings. The molecule has 1 saturated carbocycles. The van der Waals surface area contributed by atoms with Crippen molar-refractivity contribution in [3.05, 3.63) is 23.8 Å². The molecular formula is C24H34F3N3O4. The second-order valence-electron chi connectivity index (χ2n) is 9.43. The van der Waals surface area contributed by atoms with Crippen molar-refractivity contribution in [1.29, 1.82) is 0 Å². The Balaban J connectivity index is 1.88. The molecule has 1 aromatic rings. The molecule has 3 atom stereocenters. The molecule has 0 unspecified atom stereocenters. The van der Waals surface area contributed by atoms with E-state index in [1.54, 1.807) is 30.1 Å². The van der Waals surface area contributed by atoms with Crippen LogP contribution in [0.25, 0.3) is 0 Å². The lowest BCUT2D eigenvalue weighted by molar-refractivity contribution is -0.140. The van der Waals surface area contributed by atoms with E-state index in [4.69, 9.17) is 9.47 Å². The fourth-order valence-electron chi connectivity index (χ4n) is 4.10. The molecule has 0 radical (unpaired) electrons. The summed E-state index contributed by atoms with van der Waals surface area (Å²) in [5.74, 6) is -0.139. The number of alkyl halides is 3. The summed E-state index contributed by atoms with van der Waals surface area (Å²) in [5.41, 5.74) is 0.790. The Morgan fingerprint density at radius 3 is 2.56 bits per heavy atom. The number of carbonyl (C=O) groups excluding carboxylic acids is 2. The minimum Gasteiger partial charge on any atom is -0.491 e. The Morgan fingerprint density at radius 2 is 1.94 bits per heavy atom. The monoisotopic (exact) mass is 485 g/mol. The number of hydrogen-bond donors (Lipinski definition) is 1. The Morgan fingerprint density at radius 1 is 1.24 bits per heavy atom. The molecule has 0 aromatic heterocycles. The molecule has 1 heterocycles. The van der Waals surface area contributed by atoms with Crippen LogP contribution in [-0.4, -0.2) is 80.3 Å². The number of hydrogen-bond acceptors (Lipinski definition) is 5. The Kier molecular flexibility index (Phi) is 8.46. The van der Waals surface area contributed by atoms with E-state index in [-0.39, 0.29) is 61.1 Å². The third-order valence-electron chi connectivity index (χ3n) is 6.47. The summed E-state index contributed by atoms with van der Waals surface area (Å²) >= 11 is 0. The summed E-state index contributed by atoms with van der Waals surface area (Å²) in [7, 11) is 3.19. The van der Waals surface area contributed by atoms with Gasteiger partial charge in [0.2, 0.25) is 5.91 Å². The lowest BCUT2D eigenvalue weighted by atomic mass is 10.0. The zero-order valence-electron chi connectivity index (χ0n) is 20.2. The highest BCUT2D eigenvalue weighted by Gasteiger charge is 2.33. The van der Waals surface area contributed by atoms with Crippen LogP contribution >= 0.6 is 0 Å². The van der Waals surface area contributed by atoms with Gasteiger partial charge in [-0.3, -0.25) is 14.5 Å². The summed E-state index contributed by atoms with van der Waals surface area (Å²) in [6, 6.07) is 4.57. The van der Waals surface area contributed by atoms with E-state index in [1.807, 2.05) is 13.8 Å². The standard InChI is InChI=1S/C24H34F3N3O4/c1-15-12-30(10-9-24(25,26)27)16(2)14-34-20-8-7-18(28-22(31)17-5-6-17)11-19(20)23(32)29(3)13-21(15)33-4/h7-8,11,15-17,21H,5-6,9-10,12-14H2,1-4H3,(H,28,31)/t15-,16+,21+/m0/s1. The number of halogens is 3. The van der Waals surface area contributed by atoms with E-state index in [9.17, 15) is 22.8 Å². The van der Waals surface area contributed by atoms with Crippen LogP contribution in [-0.2, 0) is 9.53 Å². The average molecular weight is 486 g/mol. The lowest BCUT2D eigenvalue weighted by Gasteiger charge is -2.36. The molecule has 1 aliphatic heterocycles. The van der Waals surface area contributed by atoms with Crippen molar-refractivity contribution in [3.8, 4) is 5.75 Å². The van der Waals surface area contributed by atoms with Crippen LogP contribution in [0.4, 0.5) is 18.9 Å². The van der Waals surface area contributed by atoms with Gasteiger partial charge < -0.3 is 19.7 Å². The molecule has 2 aliphatic rings. The van der Waals surface area contributed by atoms with Crippen LogP contribution < -0.4 is 10.1 Å². The number of rotatable bonds is 5.